The van der Waals surface area contributed by atoms with E-state index in [2.05, 4.69) is 36.5 Å². The Hall–Kier alpha value is -1.51. The second-order valence-corrected chi connectivity index (χ2v) is 4.92. The van der Waals surface area contributed by atoms with Gasteiger partial charge >= 0.3 is 6.09 Å². The molecule has 1 saturated carbocycles. The van der Waals surface area contributed by atoms with Crippen molar-refractivity contribution in [1.82, 2.24) is 5.32 Å². The third-order valence-electron chi connectivity index (χ3n) is 3.52. The van der Waals surface area contributed by atoms with Crippen LogP contribution in [0.25, 0.3) is 0 Å². The Morgan fingerprint density at radius 1 is 1.41 bits per heavy atom. The monoisotopic (exact) mass is 233 g/mol. The zero-order valence-corrected chi connectivity index (χ0v) is 10.1. The quantitative estimate of drug-likeness (QED) is 0.823. The van der Waals surface area contributed by atoms with Crippen molar-refractivity contribution >= 4 is 6.09 Å². The standard InChI is InChI=1S/C14H19NO2/c1-10-4-2-5-11(8-10)12-6-3-7-13(9-12)15-14(16)17/h2,4-5,8,12-13,15H,3,6-7,9H2,1H3,(H,16,17). The number of aryl methyl sites for hydroxylation is 1. The first-order valence-corrected chi connectivity index (χ1v) is 6.21. The molecule has 0 saturated heterocycles. The zero-order valence-electron chi connectivity index (χ0n) is 10.1. The van der Waals surface area contributed by atoms with E-state index in [0.29, 0.717) is 5.92 Å². The van der Waals surface area contributed by atoms with Crippen LogP contribution in [0.3, 0.4) is 0 Å². The number of rotatable bonds is 2. The number of benzene rings is 1. The number of hydrogen-bond acceptors (Lipinski definition) is 1. The minimum atomic E-state index is -0.903. The van der Waals surface area contributed by atoms with Gasteiger partial charge in [-0.25, -0.2) is 4.79 Å². The minimum Gasteiger partial charge on any atom is -0.465 e. The summed E-state index contributed by atoms with van der Waals surface area (Å²) in [6.45, 7) is 2.10. The lowest BCUT2D eigenvalue weighted by atomic mass is 9.81. The van der Waals surface area contributed by atoms with Gasteiger partial charge in [-0.05, 0) is 37.7 Å². The second-order valence-electron chi connectivity index (χ2n) is 4.92. The summed E-state index contributed by atoms with van der Waals surface area (Å²) >= 11 is 0. The number of carboxylic acid groups (broad SMARTS) is 1. The van der Waals surface area contributed by atoms with E-state index in [1.54, 1.807) is 0 Å². The maximum atomic E-state index is 10.7. The van der Waals surface area contributed by atoms with E-state index in [4.69, 9.17) is 5.11 Å². The van der Waals surface area contributed by atoms with Gasteiger partial charge in [-0.2, -0.15) is 0 Å². The molecular weight excluding hydrogens is 214 g/mol. The molecule has 2 N–H and O–H groups in total. The first-order valence-electron chi connectivity index (χ1n) is 6.21. The number of hydrogen-bond donors (Lipinski definition) is 2. The predicted molar refractivity (Wildman–Crippen MR) is 67.3 cm³/mol. The molecule has 1 amide bonds. The molecule has 1 aromatic carbocycles. The third kappa shape index (κ3) is 3.22. The molecule has 1 aliphatic rings. The van der Waals surface area contributed by atoms with Gasteiger partial charge in [0.05, 0.1) is 0 Å². The van der Waals surface area contributed by atoms with Gasteiger partial charge in [0.2, 0.25) is 0 Å². The number of carbonyl (C=O) groups is 1. The molecular formula is C14H19NO2. The molecule has 2 unspecified atom stereocenters. The highest BCUT2D eigenvalue weighted by molar-refractivity contribution is 5.64. The van der Waals surface area contributed by atoms with E-state index in [1.807, 2.05) is 0 Å². The average Bonchev–Trinajstić information content (AvgIpc) is 2.28. The molecule has 0 heterocycles. The Bertz CT molecular complexity index is 403. The Balaban J connectivity index is 2.04. The fourth-order valence-corrected chi connectivity index (χ4v) is 2.72. The van der Waals surface area contributed by atoms with E-state index in [0.717, 1.165) is 19.3 Å². The van der Waals surface area contributed by atoms with E-state index < -0.39 is 6.09 Å². The Labute approximate surface area is 102 Å². The predicted octanol–water partition coefficient (Wildman–Crippen LogP) is 3.29. The molecule has 1 aromatic rings. The van der Waals surface area contributed by atoms with Gasteiger partial charge in [-0.3, -0.25) is 0 Å². The Kier molecular flexibility index (Phi) is 3.67. The van der Waals surface area contributed by atoms with Crippen LogP contribution in [-0.4, -0.2) is 17.2 Å². The SMILES string of the molecule is Cc1cccc(C2CCCC(NC(=O)O)C2)c1. The van der Waals surface area contributed by atoms with Crippen LogP contribution < -0.4 is 5.32 Å². The highest BCUT2D eigenvalue weighted by Crippen LogP contribution is 2.33. The summed E-state index contributed by atoms with van der Waals surface area (Å²) in [5, 5.41) is 11.4. The van der Waals surface area contributed by atoms with E-state index >= 15 is 0 Å². The lowest BCUT2D eigenvalue weighted by Gasteiger charge is -2.29. The fourth-order valence-electron chi connectivity index (χ4n) is 2.72. The maximum Gasteiger partial charge on any atom is 0.404 e. The molecule has 0 radical (unpaired) electrons. The van der Waals surface area contributed by atoms with Crippen LogP contribution in [0.4, 0.5) is 4.79 Å². The van der Waals surface area contributed by atoms with Crippen molar-refractivity contribution in [2.75, 3.05) is 0 Å². The normalized spacial score (nSPS) is 24.3. The fraction of sp³-hybridized carbons (Fsp3) is 0.500. The lowest BCUT2D eigenvalue weighted by Crippen LogP contribution is -2.36. The van der Waals surface area contributed by atoms with Crippen LogP contribution in [0.1, 0.15) is 42.7 Å². The smallest absolute Gasteiger partial charge is 0.404 e. The van der Waals surface area contributed by atoms with Crippen LogP contribution >= 0.6 is 0 Å². The highest BCUT2D eigenvalue weighted by Gasteiger charge is 2.24. The van der Waals surface area contributed by atoms with E-state index in [-0.39, 0.29) is 6.04 Å². The summed E-state index contributed by atoms with van der Waals surface area (Å²) in [5.41, 5.74) is 2.62. The van der Waals surface area contributed by atoms with Gasteiger partial charge in [0.1, 0.15) is 0 Å². The summed E-state index contributed by atoms with van der Waals surface area (Å²) < 4.78 is 0. The summed E-state index contributed by atoms with van der Waals surface area (Å²) in [7, 11) is 0. The van der Waals surface area contributed by atoms with Crippen molar-refractivity contribution in [1.29, 1.82) is 0 Å². The maximum absolute atomic E-state index is 10.7. The van der Waals surface area contributed by atoms with Crippen molar-refractivity contribution in [2.45, 2.75) is 44.6 Å². The van der Waals surface area contributed by atoms with Crippen molar-refractivity contribution in [3.05, 3.63) is 35.4 Å². The van der Waals surface area contributed by atoms with Gasteiger partial charge < -0.3 is 10.4 Å². The summed E-state index contributed by atoms with van der Waals surface area (Å²) in [5.74, 6) is 0.500. The minimum absolute atomic E-state index is 0.117. The Morgan fingerprint density at radius 2 is 2.24 bits per heavy atom. The van der Waals surface area contributed by atoms with Gasteiger partial charge in [0.25, 0.3) is 0 Å². The summed E-state index contributed by atoms with van der Waals surface area (Å²) in [6, 6.07) is 8.67. The van der Waals surface area contributed by atoms with Gasteiger partial charge in [0.15, 0.2) is 0 Å². The molecule has 17 heavy (non-hydrogen) atoms. The number of nitrogens with one attached hydrogen (secondary N) is 1. The molecule has 1 aliphatic carbocycles. The second kappa shape index (κ2) is 5.21. The molecule has 0 bridgehead atoms. The topological polar surface area (TPSA) is 49.3 Å². The van der Waals surface area contributed by atoms with Crippen molar-refractivity contribution < 1.29 is 9.90 Å². The molecule has 1 fully saturated rings. The van der Waals surface area contributed by atoms with Gasteiger partial charge in [-0.15, -0.1) is 0 Å². The first kappa shape index (κ1) is 12.0. The summed E-state index contributed by atoms with van der Waals surface area (Å²) in [6.07, 6.45) is 3.26. The molecule has 3 nitrogen and oxygen atoms in total. The van der Waals surface area contributed by atoms with Crippen LogP contribution in [0, 0.1) is 6.92 Å². The largest absolute Gasteiger partial charge is 0.465 e. The van der Waals surface area contributed by atoms with Crippen LogP contribution in [0.15, 0.2) is 24.3 Å². The van der Waals surface area contributed by atoms with Crippen LogP contribution in [0.2, 0.25) is 0 Å². The van der Waals surface area contributed by atoms with Gasteiger partial charge in [-0.1, -0.05) is 36.2 Å². The molecule has 2 atom stereocenters. The van der Waals surface area contributed by atoms with Crippen molar-refractivity contribution in [2.24, 2.45) is 0 Å². The third-order valence-corrected chi connectivity index (χ3v) is 3.52. The van der Waals surface area contributed by atoms with Crippen LogP contribution in [-0.2, 0) is 0 Å². The van der Waals surface area contributed by atoms with E-state index in [9.17, 15) is 4.79 Å². The van der Waals surface area contributed by atoms with Crippen LogP contribution in [0.5, 0.6) is 0 Å². The van der Waals surface area contributed by atoms with E-state index in [1.165, 1.54) is 17.5 Å². The number of amides is 1. The average molecular weight is 233 g/mol. The molecule has 2 rings (SSSR count). The van der Waals surface area contributed by atoms with Crippen molar-refractivity contribution in [3.8, 4) is 0 Å². The van der Waals surface area contributed by atoms with Crippen molar-refractivity contribution in [3.63, 3.8) is 0 Å². The molecule has 0 aromatic heterocycles. The lowest BCUT2D eigenvalue weighted by molar-refractivity contribution is 0.184. The highest BCUT2D eigenvalue weighted by atomic mass is 16.4. The molecule has 0 aliphatic heterocycles. The van der Waals surface area contributed by atoms with Gasteiger partial charge in [0, 0.05) is 6.04 Å². The molecule has 92 valence electrons. The molecule has 3 heteroatoms. The molecule has 0 spiro atoms. The first-order chi connectivity index (χ1) is 8.15. The Morgan fingerprint density at radius 3 is 2.94 bits per heavy atom. The summed E-state index contributed by atoms with van der Waals surface area (Å²) in [4.78, 5) is 10.7. The zero-order chi connectivity index (χ0) is 12.3.